The number of furan rings is 1. The number of thioether (sulfide) groups is 1. The van der Waals surface area contributed by atoms with E-state index in [9.17, 15) is 24.5 Å². The Morgan fingerprint density at radius 1 is 1.30 bits per heavy atom. The Bertz CT molecular complexity index is 1060. The van der Waals surface area contributed by atoms with Gasteiger partial charge in [-0.3, -0.25) is 29.4 Å². The molecule has 0 atom stereocenters. The van der Waals surface area contributed by atoms with Crippen LogP contribution in [0.5, 0.6) is 5.75 Å². The van der Waals surface area contributed by atoms with Crippen LogP contribution in [0, 0.1) is 10.1 Å². The molecule has 0 saturated carbocycles. The highest BCUT2D eigenvalue weighted by atomic mass is 32.2. The van der Waals surface area contributed by atoms with E-state index in [0.29, 0.717) is 23.1 Å². The fraction of sp³-hybridized carbons (Fsp3) is 0.211. The number of non-ortho nitro benzene ring substituents is 1. The van der Waals surface area contributed by atoms with E-state index in [1.807, 2.05) is 0 Å². The van der Waals surface area contributed by atoms with Crippen molar-refractivity contribution in [1.82, 2.24) is 4.90 Å². The molecule has 0 bridgehead atoms. The van der Waals surface area contributed by atoms with Crippen LogP contribution < -0.4 is 4.74 Å². The SMILES string of the molecule is CCOC(=O)CN1C(=O)S/C(=C\c2ccc(-c3ccc([N+](=O)[O-])cc3OC)o2)C1=O. The number of nitro benzene ring substituents is 1. The zero-order valence-corrected chi connectivity index (χ0v) is 16.8. The number of methoxy groups -OCH3 is 1. The van der Waals surface area contributed by atoms with Crippen molar-refractivity contribution < 1.29 is 33.2 Å². The van der Waals surface area contributed by atoms with Crippen LogP contribution in [0.4, 0.5) is 10.5 Å². The predicted molar refractivity (Wildman–Crippen MR) is 107 cm³/mol. The number of nitrogens with zero attached hydrogens (tertiary/aromatic N) is 2. The molecular formula is C19H16N2O8S. The lowest BCUT2D eigenvalue weighted by Crippen LogP contribution is -2.34. The first kappa shape index (κ1) is 21.1. The molecule has 1 saturated heterocycles. The highest BCUT2D eigenvalue weighted by Gasteiger charge is 2.36. The van der Waals surface area contributed by atoms with Crippen molar-refractivity contribution in [2.24, 2.45) is 0 Å². The van der Waals surface area contributed by atoms with E-state index in [0.717, 1.165) is 4.90 Å². The highest BCUT2D eigenvalue weighted by molar-refractivity contribution is 8.18. The minimum absolute atomic E-state index is 0.0980. The van der Waals surface area contributed by atoms with Crippen molar-refractivity contribution in [2.75, 3.05) is 20.3 Å². The standard InChI is InChI=1S/C19H16N2O8S/c1-3-28-17(22)10-20-18(23)16(30-19(20)24)9-12-5-7-14(29-12)13-6-4-11(21(25)26)8-15(13)27-2/h4-9H,3,10H2,1-2H3/b16-9-. The molecule has 1 aromatic heterocycles. The van der Waals surface area contributed by atoms with Crippen molar-refractivity contribution in [3.63, 3.8) is 0 Å². The number of hydrogen-bond acceptors (Lipinski definition) is 9. The lowest BCUT2D eigenvalue weighted by Gasteiger charge is -2.10. The van der Waals surface area contributed by atoms with E-state index in [1.165, 1.54) is 31.4 Å². The second kappa shape index (κ2) is 8.82. The molecule has 1 aliphatic heterocycles. The van der Waals surface area contributed by atoms with Crippen LogP contribution in [-0.4, -0.2) is 47.2 Å². The van der Waals surface area contributed by atoms with Crippen LogP contribution in [0.1, 0.15) is 12.7 Å². The second-order valence-corrected chi connectivity index (χ2v) is 6.91. The number of imide groups is 1. The lowest BCUT2D eigenvalue weighted by molar-refractivity contribution is -0.384. The molecule has 0 spiro atoms. The Kier molecular flexibility index (Phi) is 6.21. The molecule has 1 fully saturated rings. The van der Waals surface area contributed by atoms with Gasteiger partial charge in [0.05, 0.1) is 35.2 Å². The summed E-state index contributed by atoms with van der Waals surface area (Å²) in [6.07, 6.45) is 1.39. The van der Waals surface area contributed by atoms with Gasteiger partial charge in [-0.25, -0.2) is 0 Å². The molecule has 3 rings (SSSR count). The van der Waals surface area contributed by atoms with Gasteiger partial charge in [-0.15, -0.1) is 0 Å². The molecule has 0 unspecified atom stereocenters. The number of amides is 2. The van der Waals surface area contributed by atoms with Crippen LogP contribution >= 0.6 is 11.8 Å². The maximum atomic E-state index is 12.4. The van der Waals surface area contributed by atoms with E-state index >= 15 is 0 Å². The summed E-state index contributed by atoms with van der Waals surface area (Å²) >= 11 is 0.686. The Morgan fingerprint density at radius 2 is 2.07 bits per heavy atom. The molecule has 2 aromatic rings. The molecule has 11 heteroatoms. The van der Waals surface area contributed by atoms with Gasteiger partial charge in [0.25, 0.3) is 16.8 Å². The van der Waals surface area contributed by atoms with E-state index in [4.69, 9.17) is 13.9 Å². The number of carbonyl (C=O) groups excluding carboxylic acids is 3. The summed E-state index contributed by atoms with van der Waals surface area (Å²) in [6.45, 7) is 1.31. The zero-order valence-electron chi connectivity index (χ0n) is 15.9. The third-order valence-corrected chi connectivity index (χ3v) is 4.94. The van der Waals surface area contributed by atoms with Crippen LogP contribution in [0.2, 0.25) is 0 Å². The number of nitro groups is 1. The molecule has 1 aliphatic rings. The molecule has 0 radical (unpaired) electrons. The van der Waals surface area contributed by atoms with E-state index < -0.39 is 28.6 Å². The fourth-order valence-electron chi connectivity index (χ4n) is 2.67. The van der Waals surface area contributed by atoms with Gasteiger partial charge in [0.2, 0.25) is 0 Å². The molecule has 1 aromatic carbocycles. The molecule has 2 amide bonds. The van der Waals surface area contributed by atoms with Crippen LogP contribution in [0.25, 0.3) is 17.4 Å². The molecular weight excluding hydrogens is 416 g/mol. The van der Waals surface area contributed by atoms with Crippen LogP contribution in [-0.2, 0) is 14.3 Å². The summed E-state index contributed by atoms with van der Waals surface area (Å²) in [5, 5.41) is 10.3. The number of benzene rings is 1. The quantitative estimate of drug-likeness (QED) is 0.279. The molecule has 0 aliphatic carbocycles. The van der Waals surface area contributed by atoms with E-state index in [2.05, 4.69) is 0 Å². The minimum atomic E-state index is -0.674. The number of hydrogen-bond donors (Lipinski definition) is 0. The van der Waals surface area contributed by atoms with Gasteiger partial charge in [0.1, 0.15) is 23.8 Å². The topological polar surface area (TPSA) is 129 Å². The number of ether oxygens (including phenoxy) is 2. The maximum absolute atomic E-state index is 12.4. The summed E-state index contributed by atoms with van der Waals surface area (Å²) in [7, 11) is 1.38. The summed E-state index contributed by atoms with van der Waals surface area (Å²) in [6, 6.07) is 7.28. The number of carbonyl (C=O) groups is 3. The fourth-order valence-corrected chi connectivity index (χ4v) is 3.49. The largest absolute Gasteiger partial charge is 0.496 e. The summed E-state index contributed by atoms with van der Waals surface area (Å²) < 4.78 is 15.7. The Balaban J connectivity index is 1.83. The summed E-state index contributed by atoms with van der Waals surface area (Å²) in [5.74, 6) is -0.402. The van der Waals surface area contributed by atoms with Crippen LogP contribution in [0.3, 0.4) is 0 Å². The number of esters is 1. The zero-order chi connectivity index (χ0) is 21.8. The van der Waals surface area contributed by atoms with Gasteiger partial charge < -0.3 is 13.9 Å². The average Bonchev–Trinajstić information content (AvgIpc) is 3.28. The van der Waals surface area contributed by atoms with Crippen molar-refractivity contribution in [1.29, 1.82) is 0 Å². The average molecular weight is 432 g/mol. The lowest BCUT2D eigenvalue weighted by atomic mass is 10.1. The molecule has 156 valence electrons. The van der Waals surface area contributed by atoms with Crippen LogP contribution in [0.15, 0.2) is 39.7 Å². The van der Waals surface area contributed by atoms with E-state index in [-0.39, 0.29) is 28.7 Å². The van der Waals surface area contributed by atoms with Gasteiger partial charge >= 0.3 is 5.97 Å². The van der Waals surface area contributed by atoms with Gasteiger partial charge in [0.15, 0.2) is 0 Å². The van der Waals surface area contributed by atoms with Gasteiger partial charge in [-0.05, 0) is 36.9 Å². The number of rotatable bonds is 7. The Labute approximate surface area is 174 Å². The molecule has 30 heavy (non-hydrogen) atoms. The van der Waals surface area contributed by atoms with Gasteiger partial charge in [-0.2, -0.15) is 0 Å². The predicted octanol–water partition coefficient (Wildman–Crippen LogP) is 3.46. The Hall–Kier alpha value is -3.60. The Morgan fingerprint density at radius 3 is 2.73 bits per heavy atom. The van der Waals surface area contributed by atoms with Crippen molar-refractivity contribution in [2.45, 2.75) is 6.92 Å². The smallest absolute Gasteiger partial charge is 0.326 e. The van der Waals surface area contributed by atoms with Crippen molar-refractivity contribution in [3.8, 4) is 17.1 Å². The molecule has 0 N–H and O–H groups in total. The minimum Gasteiger partial charge on any atom is -0.496 e. The first-order valence-corrected chi connectivity index (χ1v) is 9.49. The molecule has 10 nitrogen and oxygen atoms in total. The summed E-state index contributed by atoms with van der Waals surface area (Å²) in [4.78, 5) is 47.3. The van der Waals surface area contributed by atoms with Crippen molar-refractivity contribution >= 4 is 40.6 Å². The normalized spacial score (nSPS) is 15.0. The second-order valence-electron chi connectivity index (χ2n) is 5.92. The first-order chi connectivity index (χ1) is 14.3. The first-order valence-electron chi connectivity index (χ1n) is 8.67. The highest BCUT2D eigenvalue weighted by Crippen LogP contribution is 2.36. The third-order valence-electron chi connectivity index (χ3n) is 4.03. The van der Waals surface area contributed by atoms with Crippen molar-refractivity contribution in [3.05, 3.63) is 51.1 Å². The monoisotopic (exact) mass is 432 g/mol. The summed E-state index contributed by atoms with van der Waals surface area (Å²) in [5.41, 5.74) is 0.357. The maximum Gasteiger partial charge on any atom is 0.326 e. The van der Waals surface area contributed by atoms with E-state index in [1.54, 1.807) is 19.1 Å². The third kappa shape index (κ3) is 4.35. The molecule has 2 heterocycles. The van der Waals surface area contributed by atoms with Gasteiger partial charge in [0, 0.05) is 12.1 Å². The van der Waals surface area contributed by atoms with Gasteiger partial charge in [-0.1, -0.05) is 0 Å².